The average Bonchev–Trinajstić information content (AvgIpc) is 2.30. The lowest BCUT2D eigenvalue weighted by atomic mass is 10.2. The van der Waals surface area contributed by atoms with Gasteiger partial charge in [-0.3, -0.25) is 0 Å². The fourth-order valence-corrected chi connectivity index (χ4v) is 1.55. The number of halogens is 1. The summed E-state index contributed by atoms with van der Waals surface area (Å²) in [7, 11) is 0. The standard InChI is InChI=1S/C14H21ClN2O3/c1-14(2,3)20-13(18)17-7-4-8-19-12-9-10(15)5-6-11(12)16/h5-6,9H,4,7-8,16H2,1-3H3,(H,17,18). The van der Waals surface area contributed by atoms with E-state index in [9.17, 15) is 4.79 Å². The van der Waals surface area contributed by atoms with Gasteiger partial charge < -0.3 is 20.5 Å². The Labute approximate surface area is 124 Å². The van der Waals surface area contributed by atoms with Crippen LogP contribution in [0.1, 0.15) is 27.2 Å². The SMILES string of the molecule is CC(C)(C)OC(=O)NCCCOc1cc(Cl)ccc1N. The summed E-state index contributed by atoms with van der Waals surface area (Å²) in [6.45, 7) is 6.35. The normalized spacial score (nSPS) is 11.0. The molecule has 1 aromatic rings. The maximum Gasteiger partial charge on any atom is 0.407 e. The molecule has 1 aromatic carbocycles. The number of carbonyl (C=O) groups excluding carboxylic acids is 1. The molecule has 0 bridgehead atoms. The first-order chi connectivity index (χ1) is 9.28. The van der Waals surface area contributed by atoms with Gasteiger partial charge in [-0.25, -0.2) is 4.79 Å². The molecule has 1 amide bonds. The van der Waals surface area contributed by atoms with E-state index in [1.165, 1.54) is 0 Å². The summed E-state index contributed by atoms with van der Waals surface area (Å²) in [5, 5.41) is 3.22. The van der Waals surface area contributed by atoms with E-state index in [1.54, 1.807) is 18.2 Å². The maximum atomic E-state index is 11.4. The van der Waals surface area contributed by atoms with Crippen LogP contribution in [0.4, 0.5) is 10.5 Å². The summed E-state index contributed by atoms with van der Waals surface area (Å²) >= 11 is 5.85. The number of nitrogens with one attached hydrogen (secondary N) is 1. The predicted molar refractivity (Wildman–Crippen MR) is 80.2 cm³/mol. The van der Waals surface area contributed by atoms with Crippen molar-refractivity contribution < 1.29 is 14.3 Å². The number of hydrogen-bond acceptors (Lipinski definition) is 4. The molecule has 0 fully saturated rings. The van der Waals surface area contributed by atoms with Crippen molar-refractivity contribution in [3.8, 4) is 5.75 Å². The van der Waals surface area contributed by atoms with E-state index in [1.807, 2.05) is 20.8 Å². The van der Waals surface area contributed by atoms with E-state index < -0.39 is 11.7 Å². The maximum absolute atomic E-state index is 11.4. The van der Waals surface area contributed by atoms with E-state index >= 15 is 0 Å². The molecular weight excluding hydrogens is 280 g/mol. The van der Waals surface area contributed by atoms with Crippen LogP contribution in [0.15, 0.2) is 18.2 Å². The second kappa shape index (κ2) is 7.24. The Balaban J connectivity index is 2.22. The molecule has 0 unspecified atom stereocenters. The monoisotopic (exact) mass is 300 g/mol. The molecule has 0 radical (unpaired) electrons. The lowest BCUT2D eigenvalue weighted by Gasteiger charge is -2.19. The molecule has 0 aliphatic carbocycles. The number of amides is 1. The number of carbonyl (C=O) groups is 1. The molecule has 1 rings (SSSR count). The molecular formula is C14H21ClN2O3. The van der Waals surface area contributed by atoms with Crippen molar-refractivity contribution in [2.24, 2.45) is 0 Å². The first-order valence-corrected chi connectivity index (χ1v) is 6.80. The minimum absolute atomic E-state index is 0.431. The van der Waals surface area contributed by atoms with Crippen LogP contribution < -0.4 is 15.8 Å². The smallest absolute Gasteiger partial charge is 0.407 e. The summed E-state index contributed by atoms with van der Waals surface area (Å²) in [6, 6.07) is 5.06. The van der Waals surface area contributed by atoms with Crippen LogP contribution in [0.2, 0.25) is 5.02 Å². The minimum atomic E-state index is -0.490. The van der Waals surface area contributed by atoms with Gasteiger partial charge >= 0.3 is 6.09 Å². The molecule has 112 valence electrons. The van der Waals surface area contributed by atoms with Crippen LogP contribution in [0.5, 0.6) is 5.75 Å². The first-order valence-electron chi connectivity index (χ1n) is 6.42. The second-order valence-corrected chi connectivity index (χ2v) is 5.75. The molecule has 0 heterocycles. The van der Waals surface area contributed by atoms with Gasteiger partial charge in [-0.1, -0.05) is 11.6 Å². The van der Waals surface area contributed by atoms with Crippen LogP contribution in [0.3, 0.4) is 0 Å². The van der Waals surface area contributed by atoms with Crippen molar-refractivity contribution >= 4 is 23.4 Å². The number of anilines is 1. The summed E-state index contributed by atoms with van der Waals surface area (Å²) < 4.78 is 10.6. The van der Waals surface area contributed by atoms with Crippen LogP contribution >= 0.6 is 11.6 Å². The lowest BCUT2D eigenvalue weighted by Crippen LogP contribution is -2.33. The Morgan fingerprint density at radius 2 is 2.10 bits per heavy atom. The summed E-state index contributed by atoms with van der Waals surface area (Å²) in [6.07, 6.45) is 0.213. The molecule has 0 saturated heterocycles. The third kappa shape index (κ3) is 6.52. The molecule has 0 aromatic heterocycles. The highest BCUT2D eigenvalue weighted by molar-refractivity contribution is 6.30. The molecule has 0 atom stereocenters. The highest BCUT2D eigenvalue weighted by Gasteiger charge is 2.15. The first kappa shape index (κ1) is 16.4. The molecule has 0 saturated carbocycles. The van der Waals surface area contributed by atoms with Crippen molar-refractivity contribution in [1.82, 2.24) is 5.32 Å². The number of hydrogen-bond donors (Lipinski definition) is 2. The van der Waals surface area contributed by atoms with E-state index in [4.69, 9.17) is 26.8 Å². The minimum Gasteiger partial charge on any atom is -0.491 e. The lowest BCUT2D eigenvalue weighted by molar-refractivity contribution is 0.0525. The largest absolute Gasteiger partial charge is 0.491 e. The number of nitrogen functional groups attached to an aromatic ring is 1. The van der Waals surface area contributed by atoms with Crippen LogP contribution in [0.25, 0.3) is 0 Å². The summed E-state index contributed by atoms with van der Waals surface area (Å²) in [4.78, 5) is 11.4. The van der Waals surface area contributed by atoms with Gasteiger partial charge in [0.25, 0.3) is 0 Å². The van der Waals surface area contributed by atoms with E-state index in [-0.39, 0.29) is 0 Å². The van der Waals surface area contributed by atoms with Gasteiger partial charge in [-0.2, -0.15) is 0 Å². The van der Waals surface area contributed by atoms with Gasteiger partial charge in [0.1, 0.15) is 11.4 Å². The Bertz CT molecular complexity index is 458. The third-order valence-electron chi connectivity index (χ3n) is 2.22. The van der Waals surface area contributed by atoms with E-state index in [0.717, 1.165) is 0 Å². The molecule has 5 nitrogen and oxygen atoms in total. The van der Waals surface area contributed by atoms with Crippen LogP contribution in [-0.2, 0) is 4.74 Å². The predicted octanol–water partition coefficient (Wildman–Crippen LogP) is 3.22. The Morgan fingerprint density at radius 3 is 2.75 bits per heavy atom. The van der Waals surface area contributed by atoms with Gasteiger partial charge in [-0.05, 0) is 39.3 Å². The number of nitrogens with two attached hydrogens (primary N) is 1. The van der Waals surface area contributed by atoms with Crippen LogP contribution in [0, 0.1) is 0 Å². The van der Waals surface area contributed by atoms with Gasteiger partial charge in [0.2, 0.25) is 0 Å². The molecule has 6 heteroatoms. The highest BCUT2D eigenvalue weighted by Crippen LogP contribution is 2.25. The van der Waals surface area contributed by atoms with E-state index in [2.05, 4.69) is 5.32 Å². The number of ether oxygens (including phenoxy) is 2. The van der Waals surface area contributed by atoms with Crippen molar-refractivity contribution in [3.05, 3.63) is 23.2 Å². The quantitative estimate of drug-likeness (QED) is 0.647. The fourth-order valence-electron chi connectivity index (χ4n) is 1.39. The summed E-state index contributed by atoms with van der Waals surface area (Å²) in [5.74, 6) is 0.551. The number of benzene rings is 1. The van der Waals surface area contributed by atoms with Crippen LogP contribution in [-0.4, -0.2) is 24.8 Å². The number of rotatable bonds is 5. The average molecular weight is 301 g/mol. The zero-order chi connectivity index (χ0) is 15.2. The molecule has 20 heavy (non-hydrogen) atoms. The van der Waals surface area contributed by atoms with Crippen molar-refractivity contribution in [1.29, 1.82) is 0 Å². The molecule has 0 aliphatic heterocycles. The highest BCUT2D eigenvalue weighted by atomic mass is 35.5. The van der Waals surface area contributed by atoms with Crippen molar-refractivity contribution in [3.63, 3.8) is 0 Å². The Kier molecular flexibility index (Phi) is 5.95. The topological polar surface area (TPSA) is 73.6 Å². The van der Waals surface area contributed by atoms with Crippen molar-refractivity contribution in [2.45, 2.75) is 32.8 Å². The van der Waals surface area contributed by atoms with E-state index in [0.29, 0.717) is 36.0 Å². The number of alkyl carbamates (subject to hydrolysis) is 1. The van der Waals surface area contributed by atoms with Gasteiger partial charge in [0.05, 0.1) is 12.3 Å². The Morgan fingerprint density at radius 1 is 1.40 bits per heavy atom. The van der Waals surface area contributed by atoms with Gasteiger partial charge in [-0.15, -0.1) is 0 Å². The zero-order valence-corrected chi connectivity index (χ0v) is 12.8. The molecule has 0 aliphatic rings. The fraction of sp³-hybridized carbons (Fsp3) is 0.500. The third-order valence-corrected chi connectivity index (χ3v) is 2.46. The molecule has 3 N–H and O–H groups in total. The zero-order valence-electron chi connectivity index (χ0n) is 12.0. The second-order valence-electron chi connectivity index (χ2n) is 5.31. The molecule has 0 spiro atoms. The van der Waals surface area contributed by atoms with Crippen molar-refractivity contribution in [2.75, 3.05) is 18.9 Å². The summed E-state index contributed by atoms with van der Waals surface area (Å²) in [5.41, 5.74) is 5.79. The van der Waals surface area contributed by atoms with Gasteiger partial charge in [0.15, 0.2) is 0 Å². The van der Waals surface area contributed by atoms with Gasteiger partial charge in [0, 0.05) is 17.6 Å². The Hall–Kier alpha value is -1.62.